The predicted molar refractivity (Wildman–Crippen MR) is 151 cm³/mol. The first-order valence-corrected chi connectivity index (χ1v) is 14.6. The van der Waals surface area contributed by atoms with Gasteiger partial charge in [-0.05, 0) is 57.7 Å². The van der Waals surface area contributed by atoms with E-state index in [0.29, 0.717) is 12.0 Å². The smallest absolute Gasteiger partial charge is 0.408 e. The molecule has 0 bridgehead atoms. The number of hydrogen-bond acceptors (Lipinski definition) is 6. The Morgan fingerprint density at radius 2 is 1.62 bits per heavy atom. The van der Waals surface area contributed by atoms with Crippen LogP contribution in [0.4, 0.5) is 4.79 Å². The molecular formula is C30H49N3O6. The molecule has 1 aromatic carbocycles. The second-order valence-electron chi connectivity index (χ2n) is 11.5. The molecule has 0 saturated heterocycles. The topological polar surface area (TPSA) is 128 Å². The van der Waals surface area contributed by atoms with Crippen molar-refractivity contribution in [3.8, 4) is 5.75 Å². The average Bonchev–Trinajstić information content (AvgIpc) is 2.88. The Morgan fingerprint density at radius 1 is 1.00 bits per heavy atom. The second-order valence-corrected chi connectivity index (χ2v) is 11.5. The summed E-state index contributed by atoms with van der Waals surface area (Å²) < 4.78 is 5.30. The Balaban J connectivity index is 2.35. The Labute approximate surface area is 233 Å². The highest BCUT2D eigenvalue weighted by molar-refractivity contribution is 5.92. The number of rotatable bonds is 14. The molecule has 0 heterocycles. The van der Waals surface area contributed by atoms with Crippen LogP contribution in [-0.4, -0.2) is 63.9 Å². The van der Waals surface area contributed by atoms with E-state index in [4.69, 9.17) is 4.74 Å². The third-order valence-corrected chi connectivity index (χ3v) is 6.93. The van der Waals surface area contributed by atoms with E-state index in [0.717, 1.165) is 64.2 Å². The van der Waals surface area contributed by atoms with Crippen LogP contribution in [0, 0.1) is 0 Å². The quantitative estimate of drug-likeness (QED) is 0.244. The van der Waals surface area contributed by atoms with Gasteiger partial charge in [0.2, 0.25) is 11.8 Å². The molecule has 2 rings (SSSR count). The minimum absolute atomic E-state index is 0.0328. The standard InChI is InChI=1S/C30H49N3O6/c1-5-6-7-8-9-13-20-33(28(37)25(21-34)32-29(38)39-30(2,3)4)26(22-16-18-24(35)19-17-22)27(36)31-23-14-11-10-12-15-23/h16-19,23,25-26,34-35H,5-15,20-21H2,1-4H3,(H,31,36)(H,32,38). The number of unbranched alkanes of at least 4 members (excludes halogenated alkanes) is 5. The second kappa shape index (κ2) is 16.3. The van der Waals surface area contributed by atoms with Crippen LogP contribution in [-0.2, 0) is 14.3 Å². The minimum atomic E-state index is -1.28. The number of carbonyl (C=O) groups is 3. The van der Waals surface area contributed by atoms with Gasteiger partial charge in [-0.2, -0.15) is 0 Å². The monoisotopic (exact) mass is 547 g/mol. The van der Waals surface area contributed by atoms with Crippen LogP contribution < -0.4 is 10.6 Å². The van der Waals surface area contributed by atoms with Crippen LogP contribution in [0.15, 0.2) is 24.3 Å². The molecule has 0 radical (unpaired) electrons. The van der Waals surface area contributed by atoms with Crippen LogP contribution in [0.3, 0.4) is 0 Å². The molecule has 1 aliphatic rings. The summed E-state index contributed by atoms with van der Waals surface area (Å²) in [5.74, 6) is -0.812. The van der Waals surface area contributed by atoms with Gasteiger partial charge >= 0.3 is 6.09 Å². The van der Waals surface area contributed by atoms with Gasteiger partial charge in [0.05, 0.1) is 6.61 Å². The van der Waals surface area contributed by atoms with Crippen molar-refractivity contribution in [2.24, 2.45) is 0 Å². The van der Waals surface area contributed by atoms with Gasteiger partial charge in [-0.3, -0.25) is 9.59 Å². The molecule has 2 atom stereocenters. The van der Waals surface area contributed by atoms with Crippen molar-refractivity contribution in [3.05, 3.63) is 29.8 Å². The number of aliphatic hydroxyl groups is 1. The van der Waals surface area contributed by atoms with E-state index in [1.54, 1.807) is 32.9 Å². The van der Waals surface area contributed by atoms with Crippen molar-refractivity contribution in [1.82, 2.24) is 15.5 Å². The third kappa shape index (κ3) is 11.4. The number of phenolic OH excluding ortho intramolecular Hbond substituents is 1. The highest BCUT2D eigenvalue weighted by atomic mass is 16.6. The zero-order valence-corrected chi connectivity index (χ0v) is 24.2. The average molecular weight is 548 g/mol. The van der Waals surface area contributed by atoms with Crippen molar-refractivity contribution in [2.45, 2.75) is 122 Å². The molecule has 0 aromatic heterocycles. The fourth-order valence-electron chi connectivity index (χ4n) is 4.92. The van der Waals surface area contributed by atoms with E-state index in [1.807, 2.05) is 0 Å². The summed E-state index contributed by atoms with van der Waals surface area (Å²) in [5.41, 5.74) is -0.228. The summed E-state index contributed by atoms with van der Waals surface area (Å²) in [6.45, 7) is 6.93. The van der Waals surface area contributed by atoms with Crippen LogP contribution in [0.2, 0.25) is 0 Å². The Hall–Kier alpha value is -2.81. The largest absolute Gasteiger partial charge is 0.508 e. The molecule has 4 N–H and O–H groups in total. The molecule has 1 saturated carbocycles. The fraction of sp³-hybridized carbons (Fsp3) is 0.700. The Kier molecular flexibility index (Phi) is 13.6. The van der Waals surface area contributed by atoms with Gasteiger partial charge in [-0.25, -0.2) is 4.79 Å². The lowest BCUT2D eigenvalue weighted by Gasteiger charge is -2.35. The molecule has 0 aliphatic heterocycles. The molecule has 9 nitrogen and oxygen atoms in total. The van der Waals surface area contributed by atoms with Crippen molar-refractivity contribution in [1.29, 1.82) is 0 Å². The first kappa shape index (κ1) is 32.4. The number of alkyl carbamates (subject to hydrolysis) is 1. The lowest BCUT2D eigenvalue weighted by Crippen LogP contribution is -2.55. The van der Waals surface area contributed by atoms with Gasteiger partial charge in [-0.15, -0.1) is 0 Å². The summed E-state index contributed by atoms with van der Waals surface area (Å²) in [4.78, 5) is 41.6. The zero-order valence-electron chi connectivity index (χ0n) is 24.2. The molecule has 0 spiro atoms. The summed E-state index contributed by atoms with van der Waals surface area (Å²) in [5, 5.41) is 25.6. The fourth-order valence-corrected chi connectivity index (χ4v) is 4.92. The van der Waals surface area contributed by atoms with Crippen LogP contribution in [0.25, 0.3) is 0 Å². The van der Waals surface area contributed by atoms with E-state index in [1.165, 1.54) is 17.0 Å². The number of carbonyl (C=O) groups excluding carboxylic acids is 3. The number of nitrogens with one attached hydrogen (secondary N) is 2. The SMILES string of the molecule is CCCCCCCCN(C(=O)C(CO)NC(=O)OC(C)(C)C)C(C(=O)NC1CCCCC1)c1ccc(O)cc1. The number of nitrogens with zero attached hydrogens (tertiary/aromatic N) is 1. The van der Waals surface area contributed by atoms with Gasteiger partial charge in [-0.1, -0.05) is 70.4 Å². The molecule has 1 fully saturated rings. The number of hydrogen-bond donors (Lipinski definition) is 4. The van der Waals surface area contributed by atoms with Gasteiger partial charge in [0.15, 0.2) is 0 Å². The molecular weight excluding hydrogens is 498 g/mol. The van der Waals surface area contributed by atoms with E-state index in [9.17, 15) is 24.6 Å². The molecule has 2 unspecified atom stereocenters. The predicted octanol–water partition coefficient (Wildman–Crippen LogP) is 4.96. The third-order valence-electron chi connectivity index (χ3n) is 6.93. The minimum Gasteiger partial charge on any atom is -0.508 e. The number of aromatic hydroxyl groups is 1. The number of ether oxygens (including phenoxy) is 1. The number of aliphatic hydroxyl groups excluding tert-OH is 1. The van der Waals surface area contributed by atoms with Crippen molar-refractivity contribution in [2.75, 3.05) is 13.2 Å². The maximum Gasteiger partial charge on any atom is 0.408 e. The highest BCUT2D eigenvalue weighted by Gasteiger charge is 2.36. The molecule has 39 heavy (non-hydrogen) atoms. The summed E-state index contributed by atoms with van der Waals surface area (Å²) in [7, 11) is 0. The maximum absolute atomic E-state index is 13.9. The van der Waals surface area contributed by atoms with E-state index in [-0.39, 0.29) is 24.2 Å². The lowest BCUT2D eigenvalue weighted by molar-refractivity contribution is -0.143. The maximum atomic E-state index is 13.9. The number of amides is 3. The Morgan fingerprint density at radius 3 is 2.21 bits per heavy atom. The lowest BCUT2D eigenvalue weighted by atomic mass is 9.94. The Bertz CT molecular complexity index is 893. The van der Waals surface area contributed by atoms with Crippen molar-refractivity contribution < 1.29 is 29.3 Å². The molecule has 3 amide bonds. The summed E-state index contributed by atoms with van der Waals surface area (Å²) >= 11 is 0. The molecule has 220 valence electrons. The molecule has 1 aromatic rings. The number of phenols is 1. The summed E-state index contributed by atoms with van der Waals surface area (Å²) in [6, 6.07) is 4.03. The van der Waals surface area contributed by atoms with E-state index >= 15 is 0 Å². The van der Waals surface area contributed by atoms with Crippen LogP contribution in [0.1, 0.15) is 110 Å². The van der Waals surface area contributed by atoms with Gasteiger partial charge < -0.3 is 30.5 Å². The number of benzene rings is 1. The van der Waals surface area contributed by atoms with Gasteiger partial charge in [0.1, 0.15) is 23.4 Å². The normalized spacial score (nSPS) is 15.7. The van der Waals surface area contributed by atoms with Crippen LogP contribution in [0.5, 0.6) is 5.75 Å². The van der Waals surface area contributed by atoms with Crippen molar-refractivity contribution >= 4 is 17.9 Å². The van der Waals surface area contributed by atoms with E-state index in [2.05, 4.69) is 17.6 Å². The van der Waals surface area contributed by atoms with Crippen LogP contribution >= 0.6 is 0 Å². The van der Waals surface area contributed by atoms with Gasteiger partial charge in [0.25, 0.3) is 0 Å². The van der Waals surface area contributed by atoms with Crippen molar-refractivity contribution in [3.63, 3.8) is 0 Å². The molecule has 1 aliphatic carbocycles. The first-order valence-electron chi connectivity index (χ1n) is 14.6. The molecule has 9 heteroatoms. The zero-order chi connectivity index (χ0) is 28.8. The highest BCUT2D eigenvalue weighted by Crippen LogP contribution is 2.27. The summed E-state index contributed by atoms with van der Waals surface area (Å²) in [6.07, 6.45) is 10.2. The van der Waals surface area contributed by atoms with E-state index < -0.39 is 36.3 Å². The first-order chi connectivity index (χ1) is 18.6. The van der Waals surface area contributed by atoms with Gasteiger partial charge in [0, 0.05) is 12.6 Å².